The minimum absolute atomic E-state index is 0.749. The smallest absolute Gasteiger partial charge is 0.120 e. The van der Waals surface area contributed by atoms with Gasteiger partial charge in [-0.1, -0.05) is 49.6 Å². The monoisotopic (exact) mass is 366 g/mol. The van der Waals surface area contributed by atoms with Crippen LogP contribution >= 0.6 is 0 Å². The van der Waals surface area contributed by atoms with E-state index in [1.165, 1.54) is 48.9 Å². The first-order chi connectivity index (χ1) is 13.3. The van der Waals surface area contributed by atoms with Crippen LogP contribution in [0, 0.1) is 0 Å². The van der Waals surface area contributed by atoms with Gasteiger partial charge in [0.2, 0.25) is 0 Å². The molecule has 0 unspecified atom stereocenters. The highest BCUT2D eigenvalue weighted by Crippen LogP contribution is 2.23. The number of ether oxygens (including phenoxy) is 1. The lowest BCUT2D eigenvalue weighted by molar-refractivity contribution is 0.375. The van der Waals surface area contributed by atoms with E-state index in [0.29, 0.717) is 0 Å². The third kappa shape index (κ3) is 6.00. The van der Waals surface area contributed by atoms with Gasteiger partial charge in [0.05, 0.1) is 7.11 Å². The van der Waals surface area contributed by atoms with E-state index in [0.717, 1.165) is 37.8 Å². The van der Waals surface area contributed by atoms with Gasteiger partial charge in [-0.25, -0.2) is 0 Å². The van der Waals surface area contributed by atoms with E-state index in [1.54, 1.807) is 7.11 Å². The molecule has 0 amide bonds. The van der Waals surface area contributed by atoms with Gasteiger partial charge in [-0.2, -0.15) is 0 Å². The number of hydrogen-bond acceptors (Lipinski definition) is 3. The summed E-state index contributed by atoms with van der Waals surface area (Å²) in [5.74, 6) is 0.909. The average Bonchev–Trinajstić information content (AvgIpc) is 2.74. The van der Waals surface area contributed by atoms with Gasteiger partial charge in [-0.15, -0.1) is 0 Å². The Morgan fingerprint density at radius 1 is 1.00 bits per heavy atom. The Hall–Kier alpha value is -2.00. The quantitative estimate of drug-likeness (QED) is 0.661. The summed E-state index contributed by atoms with van der Waals surface area (Å²) in [6.07, 6.45) is 8.04. The maximum Gasteiger partial charge on any atom is 0.120 e. The molecule has 3 heteroatoms. The molecule has 0 saturated heterocycles. The molecule has 146 valence electrons. The number of rotatable bonds is 9. The highest BCUT2D eigenvalue weighted by Gasteiger charge is 2.12. The Kier molecular flexibility index (Phi) is 7.58. The minimum Gasteiger partial charge on any atom is -0.497 e. The van der Waals surface area contributed by atoms with Gasteiger partial charge >= 0.3 is 0 Å². The molecule has 0 aliphatic heterocycles. The molecule has 3 nitrogen and oxygen atoms in total. The Balaban J connectivity index is 1.51. The molecule has 3 rings (SSSR count). The summed E-state index contributed by atoms with van der Waals surface area (Å²) in [5, 5.41) is 3.74. The molecule has 27 heavy (non-hydrogen) atoms. The van der Waals surface area contributed by atoms with Crippen molar-refractivity contribution in [1.29, 1.82) is 0 Å². The summed E-state index contributed by atoms with van der Waals surface area (Å²) in [6, 6.07) is 18.2. The van der Waals surface area contributed by atoms with Crippen LogP contribution in [0.1, 0.15) is 50.2 Å². The molecule has 1 aliphatic carbocycles. The van der Waals surface area contributed by atoms with Crippen molar-refractivity contribution in [3.05, 3.63) is 59.7 Å². The molecule has 1 saturated carbocycles. The average molecular weight is 367 g/mol. The van der Waals surface area contributed by atoms with Crippen LogP contribution in [0.4, 0.5) is 5.69 Å². The molecule has 1 fully saturated rings. The van der Waals surface area contributed by atoms with Gasteiger partial charge in [-0.3, -0.25) is 0 Å². The summed E-state index contributed by atoms with van der Waals surface area (Å²) < 4.78 is 5.36. The minimum atomic E-state index is 0.749. The summed E-state index contributed by atoms with van der Waals surface area (Å²) in [4.78, 5) is 2.38. The van der Waals surface area contributed by atoms with Crippen LogP contribution in [0.5, 0.6) is 5.75 Å². The molecule has 1 aliphatic rings. The summed E-state index contributed by atoms with van der Waals surface area (Å²) in [5.41, 5.74) is 3.98. The summed E-state index contributed by atoms with van der Waals surface area (Å²) in [7, 11) is 1.72. The first-order valence-electron chi connectivity index (χ1n) is 10.5. The molecule has 0 atom stereocenters. The molecular weight excluding hydrogens is 332 g/mol. The van der Waals surface area contributed by atoms with Crippen molar-refractivity contribution in [3.8, 4) is 5.75 Å². The van der Waals surface area contributed by atoms with Crippen LogP contribution in [0.3, 0.4) is 0 Å². The third-order valence-corrected chi connectivity index (χ3v) is 5.65. The van der Waals surface area contributed by atoms with Crippen molar-refractivity contribution >= 4 is 5.69 Å². The Labute approximate surface area is 164 Å². The Morgan fingerprint density at radius 2 is 1.74 bits per heavy atom. The standard InChI is InChI=1S/C24H34N2O/c1-3-26(23-10-7-11-24(18-23)27-2)19-21-14-12-20(13-15-21)16-17-25-22-8-5-4-6-9-22/h7,10-15,18,22,25H,3-6,8-9,16-17,19H2,1-2H3. The topological polar surface area (TPSA) is 24.5 Å². The highest BCUT2D eigenvalue weighted by molar-refractivity contribution is 5.51. The van der Waals surface area contributed by atoms with Gasteiger partial charge in [-0.05, 0) is 56.0 Å². The normalized spacial score (nSPS) is 14.9. The maximum absolute atomic E-state index is 5.36. The molecule has 0 aromatic heterocycles. The van der Waals surface area contributed by atoms with E-state index in [-0.39, 0.29) is 0 Å². The SMILES string of the molecule is CCN(Cc1ccc(CCNC2CCCCC2)cc1)c1cccc(OC)c1. The van der Waals surface area contributed by atoms with E-state index < -0.39 is 0 Å². The van der Waals surface area contributed by atoms with Gasteiger partial charge in [0.15, 0.2) is 0 Å². The van der Waals surface area contributed by atoms with Crippen LogP contribution in [-0.4, -0.2) is 26.2 Å². The fraction of sp³-hybridized carbons (Fsp3) is 0.500. The van der Waals surface area contributed by atoms with E-state index >= 15 is 0 Å². The zero-order valence-corrected chi connectivity index (χ0v) is 16.9. The summed E-state index contributed by atoms with van der Waals surface area (Å²) >= 11 is 0. The Morgan fingerprint density at radius 3 is 2.44 bits per heavy atom. The van der Waals surface area contributed by atoms with Crippen LogP contribution < -0.4 is 15.0 Å². The largest absolute Gasteiger partial charge is 0.497 e. The number of methoxy groups -OCH3 is 1. The van der Waals surface area contributed by atoms with E-state index in [4.69, 9.17) is 4.74 Å². The molecule has 0 radical (unpaired) electrons. The van der Waals surface area contributed by atoms with Crippen molar-refractivity contribution in [2.24, 2.45) is 0 Å². The number of hydrogen-bond donors (Lipinski definition) is 1. The zero-order chi connectivity index (χ0) is 18.9. The second-order valence-corrected chi connectivity index (χ2v) is 7.57. The molecule has 2 aromatic carbocycles. The van der Waals surface area contributed by atoms with Crippen LogP contribution in [-0.2, 0) is 13.0 Å². The zero-order valence-electron chi connectivity index (χ0n) is 16.9. The lowest BCUT2D eigenvalue weighted by Gasteiger charge is -2.24. The number of nitrogens with zero attached hydrogens (tertiary/aromatic N) is 1. The number of benzene rings is 2. The Bertz CT molecular complexity index is 677. The van der Waals surface area contributed by atoms with Crippen LogP contribution in [0.25, 0.3) is 0 Å². The number of nitrogens with one attached hydrogen (secondary N) is 1. The third-order valence-electron chi connectivity index (χ3n) is 5.65. The van der Waals surface area contributed by atoms with Crippen molar-refractivity contribution in [2.45, 2.75) is 58.0 Å². The fourth-order valence-electron chi connectivity index (χ4n) is 3.95. The van der Waals surface area contributed by atoms with Gasteiger partial charge < -0.3 is 15.0 Å². The second-order valence-electron chi connectivity index (χ2n) is 7.57. The van der Waals surface area contributed by atoms with Crippen molar-refractivity contribution in [1.82, 2.24) is 5.32 Å². The first-order valence-corrected chi connectivity index (χ1v) is 10.5. The molecular formula is C24H34N2O. The van der Waals surface area contributed by atoms with Crippen LogP contribution in [0.2, 0.25) is 0 Å². The van der Waals surface area contributed by atoms with Crippen molar-refractivity contribution in [3.63, 3.8) is 0 Å². The van der Waals surface area contributed by atoms with E-state index in [9.17, 15) is 0 Å². The molecule has 0 heterocycles. The van der Waals surface area contributed by atoms with Gasteiger partial charge in [0.1, 0.15) is 5.75 Å². The van der Waals surface area contributed by atoms with Gasteiger partial charge in [0.25, 0.3) is 0 Å². The summed E-state index contributed by atoms with van der Waals surface area (Å²) in [6.45, 7) is 5.18. The second kappa shape index (κ2) is 10.4. The van der Waals surface area contributed by atoms with Crippen molar-refractivity contribution < 1.29 is 4.74 Å². The number of anilines is 1. The maximum atomic E-state index is 5.36. The highest BCUT2D eigenvalue weighted by atomic mass is 16.5. The van der Waals surface area contributed by atoms with Gasteiger partial charge in [0, 0.05) is 30.9 Å². The predicted molar refractivity (Wildman–Crippen MR) is 115 cm³/mol. The fourth-order valence-corrected chi connectivity index (χ4v) is 3.95. The molecule has 1 N–H and O–H groups in total. The van der Waals surface area contributed by atoms with E-state index in [1.807, 2.05) is 6.07 Å². The lowest BCUT2D eigenvalue weighted by atomic mass is 9.95. The van der Waals surface area contributed by atoms with Crippen LogP contribution in [0.15, 0.2) is 48.5 Å². The molecule has 2 aromatic rings. The van der Waals surface area contributed by atoms with Crippen molar-refractivity contribution in [2.75, 3.05) is 25.1 Å². The van der Waals surface area contributed by atoms with E-state index in [2.05, 4.69) is 59.6 Å². The first kappa shape index (κ1) is 19.8. The lowest BCUT2D eigenvalue weighted by Crippen LogP contribution is -2.32. The predicted octanol–water partition coefficient (Wildman–Crippen LogP) is 5.19. The molecule has 0 bridgehead atoms. The molecule has 0 spiro atoms.